The minimum Gasteiger partial charge on any atom is -0.278 e. The number of aromatic amines is 1. The largest absolute Gasteiger partial charge is 0.278 e. The van der Waals surface area contributed by atoms with Crippen molar-refractivity contribution in [2.24, 2.45) is 0 Å². The minimum atomic E-state index is 0.803. The van der Waals surface area contributed by atoms with Crippen molar-refractivity contribution in [2.75, 3.05) is 0 Å². The van der Waals surface area contributed by atoms with Crippen LogP contribution in [0.15, 0.2) is 43.5 Å². The molecule has 134 valence electrons. The van der Waals surface area contributed by atoms with Crippen molar-refractivity contribution in [3.05, 3.63) is 54.9 Å². The van der Waals surface area contributed by atoms with E-state index in [4.69, 9.17) is 0 Å². The van der Waals surface area contributed by atoms with E-state index in [0.29, 0.717) is 0 Å². The number of unbranched alkanes of at least 4 members (excludes halogenated alkanes) is 2. The molecule has 0 aliphatic carbocycles. The number of aryl methyl sites for hydroxylation is 2. The van der Waals surface area contributed by atoms with Gasteiger partial charge < -0.3 is 0 Å². The Labute approximate surface area is 149 Å². The Balaban J connectivity index is 1.55. The maximum atomic E-state index is 4.46. The number of nitrogens with one attached hydrogen (secondary N) is 1. The van der Waals surface area contributed by atoms with E-state index < -0.39 is 0 Å². The van der Waals surface area contributed by atoms with E-state index in [0.717, 1.165) is 37.6 Å². The fourth-order valence-corrected chi connectivity index (χ4v) is 2.97. The molecule has 0 atom stereocenters. The maximum absolute atomic E-state index is 4.46. The van der Waals surface area contributed by atoms with Crippen LogP contribution in [0, 0.1) is 0 Å². The molecule has 3 heterocycles. The summed E-state index contributed by atoms with van der Waals surface area (Å²) in [5.74, 6) is 0. The predicted molar refractivity (Wildman–Crippen MR) is 95.9 cm³/mol. The third-order valence-corrected chi connectivity index (χ3v) is 4.41. The summed E-state index contributed by atoms with van der Waals surface area (Å²) in [5, 5.41) is 7.63. The summed E-state index contributed by atoms with van der Waals surface area (Å²) in [5.41, 5.74) is 2.21. The van der Waals surface area contributed by atoms with Gasteiger partial charge in [0.25, 0.3) is 0 Å². The Morgan fingerprint density at radius 1 is 0.920 bits per heavy atom. The Morgan fingerprint density at radius 3 is 2.12 bits per heavy atom. The van der Waals surface area contributed by atoms with Crippen LogP contribution in [0.1, 0.15) is 50.9 Å². The molecular weight excluding hydrogens is 312 g/mol. The smallest absolute Gasteiger partial charge is 0.244 e. The van der Waals surface area contributed by atoms with Gasteiger partial charge in [-0.05, 0) is 18.9 Å². The molecule has 3 aromatic rings. The molecule has 6 nitrogen and oxygen atoms in total. The highest BCUT2D eigenvalue weighted by molar-refractivity contribution is 5.06. The summed E-state index contributed by atoms with van der Waals surface area (Å²) in [6.45, 7) is 8.25. The molecule has 0 bridgehead atoms. The van der Waals surface area contributed by atoms with Gasteiger partial charge in [0.2, 0.25) is 12.7 Å². The lowest BCUT2D eigenvalue weighted by molar-refractivity contribution is -0.688. The van der Waals surface area contributed by atoms with E-state index in [1.165, 1.54) is 25.7 Å². The zero-order valence-electron chi connectivity index (χ0n) is 15.4. The first-order valence-corrected chi connectivity index (χ1v) is 9.39. The lowest BCUT2D eigenvalue weighted by Crippen LogP contribution is -2.32. The van der Waals surface area contributed by atoms with E-state index in [1.807, 2.05) is 0 Å². The number of H-pyrrole nitrogens is 1. The molecule has 3 aromatic heterocycles. The van der Waals surface area contributed by atoms with Gasteiger partial charge in [-0.3, -0.25) is 5.10 Å². The normalized spacial score (nSPS) is 11.3. The summed E-state index contributed by atoms with van der Waals surface area (Å²) in [6, 6.07) is 2.16. The highest BCUT2D eigenvalue weighted by Crippen LogP contribution is 2.01. The van der Waals surface area contributed by atoms with Crippen LogP contribution in [0.5, 0.6) is 0 Å². The molecule has 0 unspecified atom stereocenters. The van der Waals surface area contributed by atoms with Crippen molar-refractivity contribution in [2.45, 2.75) is 65.7 Å². The van der Waals surface area contributed by atoms with Crippen molar-refractivity contribution >= 4 is 0 Å². The Bertz CT molecular complexity index is 704. The molecule has 0 spiro atoms. The van der Waals surface area contributed by atoms with Crippen LogP contribution in [-0.2, 0) is 26.2 Å². The summed E-state index contributed by atoms with van der Waals surface area (Å²) in [7, 11) is 0. The molecule has 0 amide bonds. The summed E-state index contributed by atoms with van der Waals surface area (Å²) >= 11 is 0. The summed E-state index contributed by atoms with van der Waals surface area (Å²) in [4.78, 5) is 0. The number of aromatic nitrogens is 6. The lowest BCUT2D eigenvalue weighted by atomic mass is 10.3. The average molecular weight is 342 g/mol. The zero-order chi connectivity index (χ0) is 17.5. The fraction of sp³-hybridized carbons (Fsp3) is 0.526. The molecule has 0 aromatic carbocycles. The van der Waals surface area contributed by atoms with Gasteiger partial charge in [-0.2, -0.15) is 5.10 Å². The van der Waals surface area contributed by atoms with Gasteiger partial charge in [-0.15, -0.1) is 0 Å². The maximum Gasteiger partial charge on any atom is 0.244 e. The van der Waals surface area contributed by atoms with Gasteiger partial charge in [0.15, 0.2) is 0 Å². The highest BCUT2D eigenvalue weighted by Gasteiger charge is 2.10. The number of imidazole rings is 2. The van der Waals surface area contributed by atoms with Gasteiger partial charge in [0.05, 0.1) is 18.8 Å². The van der Waals surface area contributed by atoms with E-state index >= 15 is 0 Å². The average Bonchev–Trinajstić information content (AvgIpc) is 3.34. The SMILES string of the molecule is CCCCn1cc[n+](Cc2cc(C[n+]3ccn(CCCC)c3)[nH]n2)c1. The molecule has 0 fully saturated rings. The van der Waals surface area contributed by atoms with Crippen molar-refractivity contribution in [1.29, 1.82) is 0 Å². The summed E-state index contributed by atoms with van der Waals surface area (Å²) < 4.78 is 8.87. The molecule has 1 N–H and O–H groups in total. The Kier molecular flexibility index (Phi) is 6.04. The third kappa shape index (κ3) is 5.05. The number of nitrogens with zero attached hydrogens (tertiary/aromatic N) is 5. The van der Waals surface area contributed by atoms with Gasteiger partial charge >= 0.3 is 0 Å². The fourth-order valence-electron chi connectivity index (χ4n) is 2.97. The van der Waals surface area contributed by atoms with Crippen molar-refractivity contribution < 1.29 is 9.13 Å². The third-order valence-electron chi connectivity index (χ3n) is 4.41. The van der Waals surface area contributed by atoms with Gasteiger partial charge in [0, 0.05) is 0 Å². The Hall–Kier alpha value is -2.37. The lowest BCUT2D eigenvalue weighted by Gasteiger charge is -1.94. The zero-order valence-corrected chi connectivity index (χ0v) is 15.4. The van der Waals surface area contributed by atoms with Crippen LogP contribution in [-0.4, -0.2) is 19.3 Å². The van der Waals surface area contributed by atoms with Crippen LogP contribution in [0.25, 0.3) is 0 Å². The standard InChI is InChI=1S/C19H30N6/c1-3-5-7-22-9-11-24(16-22)14-18-13-19(21-20-18)15-25-12-10-23(17-25)8-6-4-2/h9-13,16-17H,3-8,14-15H2,1-2H3,(H,20,21)/q+2. The van der Waals surface area contributed by atoms with Gasteiger partial charge in [-0.1, -0.05) is 26.7 Å². The predicted octanol–water partition coefficient (Wildman–Crippen LogP) is 2.28. The van der Waals surface area contributed by atoms with Crippen molar-refractivity contribution in [3.8, 4) is 0 Å². The quantitative estimate of drug-likeness (QED) is 0.565. The molecule has 0 radical (unpaired) electrons. The molecule has 0 saturated heterocycles. The first-order chi connectivity index (χ1) is 12.3. The second kappa shape index (κ2) is 8.65. The van der Waals surface area contributed by atoms with Crippen LogP contribution in [0.2, 0.25) is 0 Å². The molecule has 6 heteroatoms. The van der Waals surface area contributed by atoms with Gasteiger partial charge in [0.1, 0.15) is 43.6 Å². The van der Waals surface area contributed by atoms with E-state index in [2.05, 4.69) is 85.8 Å². The van der Waals surface area contributed by atoms with Crippen LogP contribution in [0.3, 0.4) is 0 Å². The highest BCUT2D eigenvalue weighted by atomic mass is 15.2. The number of hydrogen-bond acceptors (Lipinski definition) is 1. The van der Waals surface area contributed by atoms with E-state index in [-0.39, 0.29) is 0 Å². The van der Waals surface area contributed by atoms with Gasteiger partial charge in [-0.25, -0.2) is 18.3 Å². The molecule has 0 aliphatic heterocycles. The second-order valence-corrected chi connectivity index (χ2v) is 6.74. The van der Waals surface area contributed by atoms with E-state index in [9.17, 15) is 0 Å². The molecule has 3 rings (SSSR count). The molecular formula is C19H30N6+2. The first kappa shape index (κ1) is 17.5. The van der Waals surface area contributed by atoms with E-state index in [1.54, 1.807) is 0 Å². The monoisotopic (exact) mass is 342 g/mol. The number of hydrogen-bond donors (Lipinski definition) is 1. The molecule has 0 saturated carbocycles. The molecule has 0 aliphatic rings. The molecule has 25 heavy (non-hydrogen) atoms. The number of rotatable bonds is 10. The topological polar surface area (TPSA) is 46.3 Å². The van der Waals surface area contributed by atoms with Crippen molar-refractivity contribution in [1.82, 2.24) is 19.3 Å². The summed E-state index contributed by atoms with van der Waals surface area (Å²) in [6.07, 6.45) is 17.7. The first-order valence-electron chi connectivity index (χ1n) is 9.39. The van der Waals surface area contributed by atoms with Crippen molar-refractivity contribution in [3.63, 3.8) is 0 Å². The van der Waals surface area contributed by atoms with Crippen LogP contribution < -0.4 is 9.13 Å². The Morgan fingerprint density at radius 2 is 1.52 bits per heavy atom. The van der Waals surface area contributed by atoms with Crippen LogP contribution in [0.4, 0.5) is 0 Å². The minimum absolute atomic E-state index is 0.803. The second-order valence-electron chi connectivity index (χ2n) is 6.74. The van der Waals surface area contributed by atoms with Crippen LogP contribution >= 0.6 is 0 Å².